The van der Waals surface area contributed by atoms with Crippen molar-refractivity contribution in [1.29, 1.82) is 0 Å². The quantitative estimate of drug-likeness (QED) is 0.528. The maximum absolute atomic E-state index is 10.6. The average Bonchev–Trinajstić information content (AvgIpc) is 2.42. The standard InChI is InChI=1S/C16H23NO3/c1-3-10-17(12-9-16(18)19)11-4-13-20-15-7-5-14(2)6-8-15/h3,5-8H,1,4,9-13H2,2H3,(H,18,19). The van der Waals surface area contributed by atoms with Crippen molar-refractivity contribution in [3.8, 4) is 5.75 Å². The van der Waals surface area contributed by atoms with Gasteiger partial charge in [-0.3, -0.25) is 9.69 Å². The van der Waals surface area contributed by atoms with Crippen LogP contribution in [-0.4, -0.2) is 42.2 Å². The first kappa shape index (κ1) is 16.2. The number of nitrogens with zero attached hydrogens (tertiary/aromatic N) is 1. The summed E-state index contributed by atoms with van der Waals surface area (Å²) >= 11 is 0. The van der Waals surface area contributed by atoms with E-state index in [1.54, 1.807) is 6.08 Å². The van der Waals surface area contributed by atoms with E-state index in [0.717, 1.165) is 18.7 Å². The Morgan fingerprint density at radius 2 is 2.05 bits per heavy atom. The summed E-state index contributed by atoms with van der Waals surface area (Å²) in [5, 5.41) is 8.70. The van der Waals surface area contributed by atoms with Gasteiger partial charge in [-0.25, -0.2) is 0 Å². The van der Waals surface area contributed by atoms with Crippen LogP contribution in [-0.2, 0) is 4.79 Å². The summed E-state index contributed by atoms with van der Waals surface area (Å²) in [5.74, 6) is 0.103. The molecule has 0 saturated carbocycles. The lowest BCUT2D eigenvalue weighted by atomic mass is 10.2. The number of hydrogen-bond acceptors (Lipinski definition) is 3. The molecule has 110 valence electrons. The minimum absolute atomic E-state index is 0.159. The molecule has 20 heavy (non-hydrogen) atoms. The molecule has 1 N–H and O–H groups in total. The fourth-order valence-electron chi connectivity index (χ4n) is 1.84. The second-order valence-electron chi connectivity index (χ2n) is 4.75. The summed E-state index contributed by atoms with van der Waals surface area (Å²) < 4.78 is 5.65. The SMILES string of the molecule is C=CCN(CCCOc1ccc(C)cc1)CCC(=O)O. The van der Waals surface area contributed by atoms with Crippen molar-refractivity contribution >= 4 is 5.97 Å². The van der Waals surface area contributed by atoms with Crippen molar-refractivity contribution in [3.63, 3.8) is 0 Å². The van der Waals surface area contributed by atoms with Gasteiger partial charge >= 0.3 is 5.97 Å². The summed E-state index contributed by atoms with van der Waals surface area (Å²) in [7, 11) is 0. The van der Waals surface area contributed by atoms with Gasteiger partial charge in [0.2, 0.25) is 0 Å². The van der Waals surface area contributed by atoms with Gasteiger partial charge in [-0.05, 0) is 25.5 Å². The Hall–Kier alpha value is -1.81. The molecule has 0 aliphatic rings. The van der Waals surface area contributed by atoms with Crippen LogP contribution in [0.3, 0.4) is 0 Å². The number of benzene rings is 1. The molecule has 1 rings (SSSR count). The number of carbonyl (C=O) groups is 1. The molecule has 1 aromatic rings. The van der Waals surface area contributed by atoms with Crippen LogP contribution in [0.2, 0.25) is 0 Å². The number of aliphatic carboxylic acids is 1. The molecule has 4 heteroatoms. The van der Waals surface area contributed by atoms with E-state index in [1.807, 2.05) is 31.2 Å². The first-order chi connectivity index (χ1) is 9.61. The first-order valence-corrected chi connectivity index (χ1v) is 6.86. The average molecular weight is 277 g/mol. The largest absolute Gasteiger partial charge is 0.494 e. The Morgan fingerprint density at radius 3 is 2.65 bits per heavy atom. The summed E-state index contributed by atoms with van der Waals surface area (Å²) in [6.07, 6.45) is 2.82. The van der Waals surface area contributed by atoms with E-state index in [1.165, 1.54) is 5.56 Å². The van der Waals surface area contributed by atoms with Gasteiger partial charge in [0, 0.05) is 19.6 Å². The molecule has 0 radical (unpaired) electrons. The zero-order valence-electron chi connectivity index (χ0n) is 12.0. The predicted molar refractivity (Wildman–Crippen MR) is 80.2 cm³/mol. The fourth-order valence-corrected chi connectivity index (χ4v) is 1.84. The van der Waals surface area contributed by atoms with Gasteiger partial charge in [0.15, 0.2) is 0 Å². The summed E-state index contributed by atoms with van der Waals surface area (Å²) in [4.78, 5) is 12.6. The van der Waals surface area contributed by atoms with Gasteiger partial charge in [0.25, 0.3) is 0 Å². The molecule has 0 aromatic heterocycles. The Morgan fingerprint density at radius 1 is 1.35 bits per heavy atom. The van der Waals surface area contributed by atoms with E-state index in [-0.39, 0.29) is 6.42 Å². The molecule has 0 aliphatic carbocycles. The van der Waals surface area contributed by atoms with Gasteiger partial charge in [-0.2, -0.15) is 0 Å². The number of aryl methyl sites for hydroxylation is 1. The van der Waals surface area contributed by atoms with Crippen LogP contribution in [0.4, 0.5) is 0 Å². The van der Waals surface area contributed by atoms with Crippen LogP contribution >= 0.6 is 0 Å². The fraction of sp³-hybridized carbons (Fsp3) is 0.438. The molecule has 0 saturated heterocycles. The summed E-state index contributed by atoms with van der Waals surface area (Å²) in [6.45, 7) is 8.43. The highest BCUT2D eigenvalue weighted by molar-refractivity contribution is 5.66. The van der Waals surface area contributed by atoms with Crippen LogP contribution in [0, 0.1) is 6.92 Å². The molecule has 0 spiro atoms. The molecule has 1 aromatic carbocycles. The van der Waals surface area contributed by atoms with Crippen molar-refractivity contribution < 1.29 is 14.6 Å². The number of rotatable bonds is 10. The molecule has 0 bridgehead atoms. The minimum Gasteiger partial charge on any atom is -0.494 e. The second kappa shape index (κ2) is 9.15. The van der Waals surface area contributed by atoms with Gasteiger partial charge in [-0.15, -0.1) is 6.58 Å². The Balaban J connectivity index is 2.24. The van der Waals surface area contributed by atoms with Crippen molar-refractivity contribution in [1.82, 2.24) is 4.90 Å². The maximum atomic E-state index is 10.6. The minimum atomic E-state index is -0.769. The Kier molecular flexibility index (Phi) is 7.43. The van der Waals surface area contributed by atoms with Gasteiger partial charge < -0.3 is 9.84 Å². The van der Waals surface area contributed by atoms with Crippen molar-refractivity contribution in [2.45, 2.75) is 19.8 Å². The third-order valence-electron chi connectivity index (χ3n) is 2.94. The predicted octanol–water partition coefficient (Wildman–Crippen LogP) is 2.73. The van der Waals surface area contributed by atoms with Gasteiger partial charge in [0.05, 0.1) is 13.0 Å². The molecule has 0 heterocycles. The van der Waals surface area contributed by atoms with Crippen LogP contribution in [0.25, 0.3) is 0 Å². The Bertz CT molecular complexity index is 414. The zero-order valence-corrected chi connectivity index (χ0v) is 12.0. The lowest BCUT2D eigenvalue weighted by Gasteiger charge is -2.19. The van der Waals surface area contributed by atoms with Crippen LogP contribution < -0.4 is 4.74 Å². The van der Waals surface area contributed by atoms with E-state index in [0.29, 0.717) is 19.7 Å². The lowest BCUT2D eigenvalue weighted by molar-refractivity contribution is -0.137. The van der Waals surface area contributed by atoms with Gasteiger partial charge in [-0.1, -0.05) is 23.8 Å². The normalized spacial score (nSPS) is 10.5. The smallest absolute Gasteiger partial charge is 0.304 e. The molecule has 0 amide bonds. The molecule has 0 unspecified atom stereocenters. The lowest BCUT2D eigenvalue weighted by Crippen LogP contribution is -2.28. The zero-order chi connectivity index (χ0) is 14.8. The number of ether oxygens (including phenoxy) is 1. The highest BCUT2D eigenvalue weighted by Crippen LogP contribution is 2.11. The van der Waals surface area contributed by atoms with Crippen molar-refractivity contribution in [2.24, 2.45) is 0 Å². The first-order valence-electron chi connectivity index (χ1n) is 6.86. The molecule has 0 fully saturated rings. The molecule has 0 aliphatic heterocycles. The van der Waals surface area contributed by atoms with E-state index in [9.17, 15) is 4.79 Å². The number of carboxylic acids is 1. The topological polar surface area (TPSA) is 49.8 Å². The van der Waals surface area contributed by atoms with Crippen LogP contribution in [0.15, 0.2) is 36.9 Å². The van der Waals surface area contributed by atoms with Crippen LogP contribution in [0.5, 0.6) is 5.75 Å². The highest BCUT2D eigenvalue weighted by atomic mass is 16.5. The summed E-state index contributed by atoms with van der Waals surface area (Å²) in [6, 6.07) is 7.96. The number of hydrogen-bond donors (Lipinski definition) is 1. The molecule has 0 atom stereocenters. The highest BCUT2D eigenvalue weighted by Gasteiger charge is 2.05. The van der Waals surface area contributed by atoms with E-state index in [4.69, 9.17) is 9.84 Å². The maximum Gasteiger partial charge on any atom is 0.304 e. The molecule has 4 nitrogen and oxygen atoms in total. The van der Waals surface area contributed by atoms with Crippen molar-refractivity contribution in [2.75, 3.05) is 26.2 Å². The van der Waals surface area contributed by atoms with E-state index in [2.05, 4.69) is 11.5 Å². The van der Waals surface area contributed by atoms with Crippen LogP contribution in [0.1, 0.15) is 18.4 Å². The van der Waals surface area contributed by atoms with Gasteiger partial charge in [0.1, 0.15) is 5.75 Å². The Labute approximate surface area is 120 Å². The summed E-state index contributed by atoms with van der Waals surface area (Å²) in [5.41, 5.74) is 1.21. The van der Waals surface area contributed by atoms with E-state index < -0.39 is 5.97 Å². The molecular formula is C16H23NO3. The third-order valence-corrected chi connectivity index (χ3v) is 2.94. The number of carboxylic acid groups (broad SMARTS) is 1. The van der Waals surface area contributed by atoms with Crippen molar-refractivity contribution in [3.05, 3.63) is 42.5 Å². The molecular weight excluding hydrogens is 254 g/mol. The van der Waals surface area contributed by atoms with E-state index >= 15 is 0 Å². The second-order valence-corrected chi connectivity index (χ2v) is 4.75. The monoisotopic (exact) mass is 277 g/mol. The third kappa shape index (κ3) is 6.95.